The number of aliphatic hydroxyl groups excluding tert-OH is 1. The van der Waals surface area contributed by atoms with E-state index >= 15 is 8.78 Å². The van der Waals surface area contributed by atoms with Crippen molar-refractivity contribution in [3.05, 3.63) is 23.3 Å². The summed E-state index contributed by atoms with van der Waals surface area (Å²) >= 11 is 0.264. The van der Waals surface area contributed by atoms with Crippen molar-refractivity contribution in [1.82, 2.24) is 0 Å². The van der Waals surface area contributed by atoms with Crippen LogP contribution in [0.3, 0.4) is 0 Å². The van der Waals surface area contributed by atoms with Crippen molar-refractivity contribution >= 4 is 36.2 Å². The van der Waals surface area contributed by atoms with Gasteiger partial charge in [0.25, 0.3) is 0 Å². The molecule has 0 heterocycles. The van der Waals surface area contributed by atoms with E-state index in [2.05, 4.69) is 0 Å². The fourth-order valence-corrected chi connectivity index (χ4v) is 9.94. The van der Waals surface area contributed by atoms with E-state index in [1.165, 1.54) is 6.92 Å². The molecule has 3 fully saturated rings. The molecule has 248 valence electrons. The van der Waals surface area contributed by atoms with E-state index in [-0.39, 0.29) is 54.3 Å². The Morgan fingerprint density at radius 3 is 2.34 bits per heavy atom. The van der Waals surface area contributed by atoms with Gasteiger partial charge in [-0.25, -0.2) is 13.2 Å². The van der Waals surface area contributed by atoms with Crippen LogP contribution in [0.25, 0.3) is 0 Å². The molecule has 3 saturated carbocycles. The SMILES string of the molecule is C[C@@H]1C[C@H]2[C@@H]3C[C@H](F)C4=CC(=O)C=C(C(=O)SCF)[C@@]4(C)[C@@]3(F)[C@@H](O)C[C@]2(C)[C@@H]1OC(=O)CCCCCCCCP(=O)(O)O. The number of ketones is 1. The lowest BCUT2D eigenvalue weighted by atomic mass is 9.44. The molecule has 0 aromatic carbocycles. The van der Waals surface area contributed by atoms with Gasteiger partial charge in [-0.3, -0.25) is 18.9 Å². The first kappa shape index (κ1) is 35.4. The Labute approximate surface area is 260 Å². The van der Waals surface area contributed by atoms with Gasteiger partial charge in [-0.15, -0.1) is 0 Å². The second-order valence-corrected chi connectivity index (χ2v) is 16.2. The normalized spacial score (nSPS) is 38.2. The van der Waals surface area contributed by atoms with Gasteiger partial charge in [0.15, 0.2) is 11.5 Å². The molecule has 4 aliphatic rings. The van der Waals surface area contributed by atoms with Crippen molar-refractivity contribution < 1.29 is 51.8 Å². The number of fused-ring (bicyclic) bond motifs is 5. The number of ether oxygens (including phenoxy) is 1. The van der Waals surface area contributed by atoms with E-state index in [1.54, 1.807) is 0 Å². The zero-order chi connectivity index (χ0) is 32.7. The van der Waals surface area contributed by atoms with Gasteiger partial charge < -0.3 is 19.6 Å². The maximum atomic E-state index is 17.8. The second-order valence-electron chi connectivity index (χ2n) is 13.5. The van der Waals surface area contributed by atoms with Crippen LogP contribution in [0.1, 0.15) is 85.0 Å². The molecular weight excluding hydrogens is 620 g/mol. The number of hydrogen-bond acceptors (Lipinski definition) is 7. The Bertz CT molecular complexity index is 1250. The van der Waals surface area contributed by atoms with Gasteiger partial charge in [-0.2, -0.15) is 0 Å². The fraction of sp³-hybridized carbons (Fsp3) is 0.774. The molecule has 0 unspecified atom stereocenters. The molecule has 4 aliphatic carbocycles. The lowest BCUT2D eigenvalue weighted by Gasteiger charge is -2.63. The zero-order valence-corrected chi connectivity index (χ0v) is 27.2. The molecule has 0 amide bonds. The zero-order valence-electron chi connectivity index (χ0n) is 25.5. The highest BCUT2D eigenvalue weighted by Crippen LogP contribution is 2.70. The summed E-state index contributed by atoms with van der Waals surface area (Å²) in [6.07, 6.45) is 2.00. The lowest BCUT2D eigenvalue weighted by Crippen LogP contribution is -2.69. The molecule has 0 bridgehead atoms. The summed E-state index contributed by atoms with van der Waals surface area (Å²) in [5, 5.41) is 10.7. The van der Waals surface area contributed by atoms with Gasteiger partial charge in [0.2, 0.25) is 5.12 Å². The summed E-state index contributed by atoms with van der Waals surface area (Å²) in [6.45, 7) is 5.07. The Morgan fingerprint density at radius 1 is 1.07 bits per heavy atom. The number of esters is 1. The highest BCUT2D eigenvalue weighted by Gasteiger charge is 2.75. The quantitative estimate of drug-likeness (QED) is 0.132. The number of halogens is 3. The van der Waals surface area contributed by atoms with Crippen molar-refractivity contribution in [2.75, 3.05) is 12.2 Å². The van der Waals surface area contributed by atoms with E-state index in [0.717, 1.165) is 31.4 Å². The molecule has 0 aromatic heterocycles. The largest absolute Gasteiger partial charge is 0.461 e. The Hall–Kier alpha value is -1.46. The van der Waals surface area contributed by atoms with E-state index in [9.17, 15) is 28.4 Å². The van der Waals surface area contributed by atoms with Crippen molar-refractivity contribution in [3.63, 3.8) is 0 Å². The second kappa shape index (κ2) is 13.3. The van der Waals surface area contributed by atoms with Gasteiger partial charge in [-0.1, -0.05) is 39.5 Å². The predicted molar refractivity (Wildman–Crippen MR) is 160 cm³/mol. The number of rotatable bonds is 12. The number of unbranched alkanes of at least 4 members (excludes halogenated alkanes) is 5. The summed E-state index contributed by atoms with van der Waals surface area (Å²) in [5.41, 5.74) is -5.90. The smallest absolute Gasteiger partial charge is 0.325 e. The number of alkyl halides is 3. The summed E-state index contributed by atoms with van der Waals surface area (Å²) < 4.78 is 63.8. The molecule has 13 heteroatoms. The fourth-order valence-electron chi connectivity index (χ4n) is 8.79. The van der Waals surface area contributed by atoms with Crippen LogP contribution in [-0.2, 0) is 23.7 Å². The van der Waals surface area contributed by atoms with Crippen LogP contribution in [0, 0.1) is 28.6 Å². The molecule has 0 spiro atoms. The molecule has 9 atom stereocenters. The summed E-state index contributed by atoms with van der Waals surface area (Å²) in [5.74, 6) is -2.83. The first-order valence-electron chi connectivity index (χ1n) is 15.5. The summed E-state index contributed by atoms with van der Waals surface area (Å²) in [4.78, 5) is 56.2. The van der Waals surface area contributed by atoms with Gasteiger partial charge in [0, 0.05) is 29.5 Å². The standard InChI is InChI=1S/C31H44F3O8PS/c1-18-12-20-21-15-24(33)22-13-19(35)14-23(28(38)44-17-32)30(22,3)31(21,34)25(36)16-29(20,2)27(18)42-26(37)10-8-6-4-5-7-9-11-43(39,40)41/h13-14,18,20-21,24-25,27,36H,4-12,15-17H2,1-3H3,(H2,39,40,41)/t18-,20+,21+,24+,25+,27-,29+,30+,31+/m1/s1. The Balaban J connectivity index is 1.47. The van der Waals surface area contributed by atoms with Crippen LogP contribution in [0.2, 0.25) is 0 Å². The first-order valence-corrected chi connectivity index (χ1v) is 18.3. The van der Waals surface area contributed by atoms with Crippen LogP contribution in [0.4, 0.5) is 13.2 Å². The topological polar surface area (TPSA) is 138 Å². The summed E-state index contributed by atoms with van der Waals surface area (Å²) in [6, 6.07) is -1.10. The van der Waals surface area contributed by atoms with Gasteiger partial charge in [-0.05, 0) is 80.4 Å². The highest BCUT2D eigenvalue weighted by molar-refractivity contribution is 8.14. The minimum absolute atomic E-state index is 0.104. The van der Waals surface area contributed by atoms with Crippen molar-refractivity contribution in [2.45, 2.75) is 109 Å². The van der Waals surface area contributed by atoms with Crippen LogP contribution in [0.5, 0.6) is 0 Å². The van der Waals surface area contributed by atoms with Gasteiger partial charge in [0.05, 0.1) is 11.5 Å². The molecule has 8 nitrogen and oxygen atoms in total. The minimum atomic E-state index is -3.98. The maximum Gasteiger partial charge on any atom is 0.325 e. The van der Waals surface area contributed by atoms with Crippen molar-refractivity contribution in [1.29, 1.82) is 0 Å². The molecule has 0 radical (unpaired) electrons. The van der Waals surface area contributed by atoms with E-state index < -0.39 is 77.2 Å². The molecule has 0 aromatic rings. The van der Waals surface area contributed by atoms with E-state index in [4.69, 9.17) is 14.5 Å². The molecule has 3 N–H and O–H groups in total. The maximum absolute atomic E-state index is 17.8. The van der Waals surface area contributed by atoms with E-state index in [0.29, 0.717) is 25.7 Å². The third kappa shape index (κ3) is 6.40. The third-order valence-electron chi connectivity index (χ3n) is 10.8. The van der Waals surface area contributed by atoms with Gasteiger partial charge >= 0.3 is 13.6 Å². The van der Waals surface area contributed by atoms with Crippen molar-refractivity contribution in [2.24, 2.45) is 28.6 Å². The molecule has 44 heavy (non-hydrogen) atoms. The van der Waals surface area contributed by atoms with Crippen molar-refractivity contribution in [3.8, 4) is 0 Å². The Morgan fingerprint density at radius 2 is 1.70 bits per heavy atom. The number of aliphatic hydroxyl groups is 1. The number of carbonyl (C=O) groups is 3. The lowest BCUT2D eigenvalue weighted by molar-refractivity contribution is -0.214. The van der Waals surface area contributed by atoms with Crippen LogP contribution >= 0.6 is 19.4 Å². The average molecular weight is 665 g/mol. The third-order valence-corrected chi connectivity index (χ3v) is 12.3. The number of thioether (sulfide) groups is 1. The highest BCUT2D eigenvalue weighted by atomic mass is 32.2. The Kier molecular flexibility index (Phi) is 10.7. The predicted octanol–water partition coefficient (Wildman–Crippen LogP) is 5.93. The monoisotopic (exact) mass is 664 g/mol. The van der Waals surface area contributed by atoms with Crippen LogP contribution in [0.15, 0.2) is 23.3 Å². The molecule has 4 rings (SSSR count). The van der Waals surface area contributed by atoms with Crippen LogP contribution in [-0.4, -0.2) is 68.0 Å². The van der Waals surface area contributed by atoms with Gasteiger partial charge in [0.1, 0.15) is 18.3 Å². The molecule has 0 aliphatic heterocycles. The van der Waals surface area contributed by atoms with E-state index in [1.807, 2.05) is 13.8 Å². The molecule has 0 saturated heterocycles. The number of carbonyl (C=O) groups excluding carboxylic acids is 3. The van der Waals surface area contributed by atoms with Crippen LogP contribution < -0.4 is 0 Å². The molecular formula is C31H44F3O8PS. The number of hydrogen-bond donors (Lipinski definition) is 3. The number of allylic oxidation sites excluding steroid dienone is 3. The average Bonchev–Trinajstić information content (AvgIpc) is 3.16. The first-order chi connectivity index (χ1) is 20.5. The summed E-state index contributed by atoms with van der Waals surface area (Å²) in [7, 11) is -3.98. The minimum Gasteiger partial charge on any atom is -0.461 e.